The van der Waals surface area contributed by atoms with Gasteiger partial charge in [-0.3, -0.25) is 4.90 Å². The van der Waals surface area contributed by atoms with Gasteiger partial charge in [0, 0.05) is 12.2 Å². The lowest BCUT2D eigenvalue weighted by Crippen LogP contribution is -2.29. The molecule has 4 nitrogen and oxygen atoms in total. The smallest absolute Gasteiger partial charge is 0.193 e. The van der Waals surface area contributed by atoms with Gasteiger partial charge >= 0.3 is 0 Å². The molecule has 0 atom stereocenters. The van der Waals surface area contributed by atoms with Crippen molar-refractivity contribution in [2.24, 2.45) is 10.7 Å². The molecule has 1 fully saturated rings. The molecule has 0 bridgehead atoms. The summed E-state index contributed by atoms with van der Waals surface area (Å²) in [5, 5.41) is 3.14. The number of hydrogen-bond acceptors (Lipinski definition) is 2. The highest BCUT2D eigenvalue weighted by atomic mass is 15.1. The molecule has 25 heavy (non-hydrogen) atoms. The van der Waals surface area contributed by atoms with E-state index in [1.165, 1.54) is 49.0 Å². The summed E-state index contributed by atoms with van der Waals surface area (Å²) >= 11 is 0. The Morgan fingerprint density at radius 1 is 1.04 bits per heavy atom. The predicted molar refractivity (Wildman–Crippen MR) is 106 cm³/mol. The summed E-state index contributed by atoms with van der Waals surface area (Å²) in [4.78, 5) is 6.98. The molecular weight excluding hydrogens is 308 g/mol. The molecule has 0 amide bonds. The lowest BCUT2D eigenvalue weighted by molar-refractivity contribution is 0.221. The minimum absolute atomic E-state index is 0.447. The van der Waals surface area contributed by atoms with E-state index in [0.717, 1.165) is 12.2 Å². The second kappa shape index (κ2) is 8.67. The van der Waals surface area contributed by atoms with E-state index in [1.807, 2.05) is 12.1 Å². The van der Waals surface area contributed by atoms with Crippen molar-refractivity contribution in [2.75, 3.05) is 18.4 Å². The number of guanidine groups is 1. The molecule has 1 saturated heterocycles. The highest BCUT2D eigenvalue weighted by Gasteiger charge is 2.10. The van der Waals surface area contributed by atoms with Gasteiger partial charge in [0.25, 0.3) is 0 Å². The first-order valence-corrected chi connectivity index (χ1v) is 9.13. The van der Waals surface area contributed by atoms with Crippen LogP contribution in [0.3, 0.4) is 0 Å². The molecular formula is C21H28N4. The minimum atomic E-state index is 0.447. The van der Waals surface area contributed by atoms with Gasteiger partial charge in [-0.15, -0.1) is 0 Å². The summed E-state index contributed by atoms with van der Waals surface area (Å²) in [5.74, 6) is 0.447. The highest BCUT2D eigenvalue weighted by Crippen LogP contribution is 2.14. The Morgan fingerprint density at radius 3 is 2.48 bits per heavy atom. The fourth-order valence-electron chi connectivity index (χ4n) is 3.21. The Kier molecular flexibility index (Phi) is 6.07. The number of nitrogens with one attached hydrogen (secondary N) is 1. The number of piperidine rings is 1. The van der Waals surface area contributed by atoms with Crippen LogP contribution in [0.4, 0.5) is 5.69 Å². The molecule has 0 aromatic heterocycles. The number of hydrogen-bond donors (Lipinski definition) is 2. The molecule has 0 spiro atoms. The average Bonchev–Trinajstić information content (AvgIpc) is 2.62. The maximum absolute atomic E-state index is 5.99. The molecule has 1 aliphatic heterocycles. The molecule has 0 radical (unpaired) electrons. The SMILES string of the molecule is Cc1cccc(NC(N)=NCc2ccc(CN3CCCCC3)cc2)c1. The van der Waals surface area contributed by atoms with Crippen molar-refractivity contribution in [1.82, 2.24) is 4.90 Å². The summed E-state index contributed by atoms with van der Waals surface area (Å²) < 4.78 is 0. The number of rotatable bonds is 5. The summed E-state index contributed by atoms with van der Waals surface area (Å²) in [6.45, 7) is 6.17. The zero-order valence-corrected chi connectivity index (χ0v) is 15.0. The predicted octanol–water partition coefficient (Wildman–Crippen LogP) is 3.91. The first-order chi connectivity index (χ1) is 12.2. The van der Waals surface area contributed by atoms with Gasteiger partial charge in [-0.25, -0.2) is 4.99 Å². The van der Waals surface area contributed by atoms with Crippen LogP contribution < -0.4 is 11.1 Å². The van der Waals surface area contributed by atoms with E-state index in [9.17, 15) is 0 Å². The first-order valence-electron chi connectivity index (χ1n) is 9.13. The van der Waals surface area contributed by atoms with Crippen LogP contribution in [-0.4, -0.2) is 23.9 Å². The normalized spacial score (nSPS) is 16.0. The van der Waals surface area contributed by atoms with E-state index < -0.39 is 0 Å². The van der Waals surface area contributed by atoms with E-state index >= 15 is 0 Å². The molecule has 0 aliphatic carbocycles. The fraction of sp³-hybridized carbons (Fsp3) is 0.381. The van der Waals surface area contributed by atoms with E-state index in [4.69, 9.17) is 5.73 Å². The maximum Gasteiger partial charge on any atom is 0.193 e. The summed E-state index contributed by atoms with van der Waals surface area (Å²) in [6.07, 6.45) is 4.05. The third kappa shape index (κ3) is 5.61. The third-order valence-electron chi connectivity index (χ3n) is 4.60. The standard InChI is InChI=1S/C21H28N4/c1-17-6-5-7-20(14-17)24-21(22)23-15-18-8-10-19(11-9-18)16-25-12-3-2-4-13-25/h5-11,14H,2-4,12-13,15-16H2,1H3,(H3,22,23,24). The number of nitrogens with zero attached hydrogens (tertiary/aromatic N) is 2. The van der Waals surface area contributed by atoms with Crippen LogP contribution >= 0.6 is 0 Å². The molecule has 1 heterocycles. The van der Waals surface area contributed by atoms with Gasteiger partial charge in [0.1, 0.15) is 0 Å². The van der Waals surface area contributed by atoms with Crippen molar-refractivity contribution >= 4 is 11.6 Å². The van der Waals surface area contributed by atoms with E-state index in [0.29, 0.717) is 12.5 Å². The molecule has 3 rings (SSSR count). The Balaban J connectivity index is 1.52. The molecule has 132 valence electrons. The summed E-state index contributed by atoms with van der Waals surface area (Å²) in [7, 11) is 0. The van der Waals surface area contributed by atoms with Crippen molar-refractivity contribution in [2.45, 2.75) is 39.3 Å². The van der Waals surface area contributed by atoms with Gasteiger partial charge in [0.2, 0.25) is 0 Å². The van der Waals surface area contributed by atoms with Gasteiger partial charge in [-0.2, -0.15) is 0 Å². The third-order valence-corrected chi connectivity index (χ3v) is 4.60. The van der Waals surface area contributed by atoms with Crippen LogP contribution in [0.1, 0.15) is 36.0 Å². The second-order valence-electron chi connectivity index (χ2n) is 6.85. The molecule has 1 aliphatic rings. The molecule has 2 aromatic rings. The Labute approximate surface area is 150 Å². The quantitative estimate of drug-likeness (QED) is 0.643. The lowest BCUT2D eigenvalue weighted by atomic mass is 10.1. The molecule has 3 N–H and O–H groups in total. The highest BCUT2D eigenvalue weighted by molar-refractivity contribution is 5.92. The summed E-state index contributed by atoms with van der Waals surface area (Å²) in [5.41, 5.74) is 10.7. The van der Waals surface area contributed by atoms with Crippen molar-refractivity contribution in [3.8, 4) is 0 Å². The van der Waals surface area contributed by atoms with Gasteiger partial charge in [-0.05, 0) is 61.7 Å². The Morgan fingerprint density at radius 2 is 1.76 bits per heavy atom. The molecule has 4 heteroatoms. The van der Waals surface area contributed by atoms with Gasteiger partial charge < -0.3 is 11.1 Å². The second-order valence-corrected chi connectivity index (χ2v) is 6.85. The van der Waals surface area contributed by atoms with Gasteiger partial charge in [0.15, 0.2) is 5.96 Å². The summed E-state index contributed by atoms with van der Waals surface area (Å²) in [6, 6.07) is 16.8. The van der Waals surface area contributed by atoms with Crippen molar-refractivity contribution in [1.29, 1.82) is 0 Å². The van der Waals surface area contributed by atoms with Crippen molar-refractivity contribution in [3.05, 3.63) is 65.2 Å². The zero-order chi connectivity index (χ0) is 17.5. The Hall–Kier alpha value is -2.33. The average molecular weight is 336 g/mol. The van der Waals surface area contributed by atoms with Crippen molar-refractivity contribution < 1.29 is 0 Å². The van der Waals surface area contributed by atoms with Crippen LogP contribution in [0.25, 0.3) is 0 Å². The van der Waals surface area contributed by atoms with E-state index in [-0.39, 0.29) is 0 Å². The minimum Gasteiger partial charge on any atom is -0.370 e. The lowest BCUT2D eigenvalue weighted by Gasteiger charge is -2.26. The number of aliphatic imine (C=N–C) groups is 1. The van der Waals surface area contributed by atoms with E-state index in [1.54, 1.807) is 0 Å². The number of anilines is 1. The monoisotopic (exact) mass is 336 g/mol. The number of benzene rings is 2. The topological polar surface area (TPSA) is 53.6 Å². The van der Waals surface area contributed by atoms with Crippen LogP contribution in [0.2, 0.25) is 0 Å². The van der Waals surface area contributed by atoms with Crippen LogP contribution in [0.15, 0.2) is 53.5 Å². The van der Waals surface area contributed by atoms with Gasteiger partial charge in [-0.1, -0.05) is 42.8 Å². The number of aryl methyl sites for hydroxylation is 1. The van der Waals surface area contributed by atoms with E-state index in [2.05, 4.69) is 58.5 Å². The molecule has 0 saturated carbocycles. The maximum atomic E-state index is 5.99. The number of likely N-dealkylation sites (tertiary alicyclic amines) is 1. The fourth-order valence-corrected chi connectivity index (χ4v) is 3.21. The molecule has 2 aromatic carbocycles. The van der Waals surface area contributed by atoms with Gasteiger partial charge in [0.05, 0.1) is 6.54 Å². The largest absolute Gasteiger partial charge is 0.370 e. The van der Waals surface area contributed by atoms with Crippen LogP contribution in [-0.2, 0) is 13.1 Å². The molecule has 0 unspecified atom stereocenters. The van der Waals surface area contributed by atoms with Crippen molar-refractivity contribution in [3.63, 3.8) is 0 Å². The van der Waals surface area contributed by atoms with Crippen LogP contribution in [0, 0.1) is 6.92 Å². The zero-order valence-electron chi connectivity index (χ0n) is 15.0. The number of nitrogens with two attached hydrogens (primary N) is 1. The first kappa shape index (κ1) is 17.5. The Bertz CT molecular complexity index is 700. The van der Waals surface area contributed by atoms with Crippen LogP contribution in [0.5, 0.6) is 0 Å².